The molecule has 0 aliphatic heterocycles. The van der Waals surface area contributed by atoms with Gasteiger partial charge in [0.15, 0.2) is 8.07 Å². The maximum Gasteiger partial charge on any atom is 0.179 e. The molecule has 2 nitrogen and oxygen atoms in total. The molecule has 4 heteroatoms. The maximum absolute atomic E-state index is 2.84. The number of anilines is 3. The van der Waals surface area contributed by atoms with Crippen LogP contribution in [-0.4, -0.2) is 12.6 Å². The van der Waals surface area contributed by atoms with Crippen molar-refractivity contribution < 1.29 is 0 Å². The van der Waals surface area contributed by atoms with Crippen molar-refractivity contribution in [2.45, 2.75) is 0 Å². The smallest absolute Gasteiger partial charge is 0.179 e. The van der Waals surface area contributed by atoms with Crippen molar-refractivity contribution in [2.24, 2.45) is 0 Å². The van der Waals surface area contributed by atoms with E-state index >= 15 is 0 Å². The molecule has 10 aromatic carbocycles. The van der Waals surface area contributed by atoms with Crippen molar-refractivity contribution in [1.82, 2.24) is 4.57 Å². The van der Waals surface area contributed by atoms with Gasteiger partial charge in [-0.05, 0) is 105 Å². The lowest BCUT2D eigenvalue weighted by atomic mass is 10.0. The molecule has 0 unspecified atom stereocenters. The maximum atomic E-state index is 2.49. The normalized spacial score (nSPS) is 11.8. The van der Waals surface area contributed by atoms with Gasteiger partial charge in [0.1, 0.15) is 0 Å². The molecule has 0 N–H and O–H groups in total. The number of nitrogens with zero attached hydrogens (tertiary/aromatic N) is 2. The summed E-state index contributed by atoms with van der Waals surface area (Å²) in [7, 11) is -2.84. The Morgan fingerprint density at radius 2 is 0.875 bits per heavy atom. The lowest BCUT2D eigenvalue weighted by molar-refractivity contribution is 1.18. The summed E-state index contributed by atoms with van der Waals surface area (Å²) in [5.41, 5.74) is 9.24. The van der Waals surface area contributed by atoms with Crippen molar-refractivity contribution in [1.29, 1.82) is 0 Å². The number of thiophene rings is 1. The lowest BCUT2D eigenvalue weighted by Crippen LogP contribution is -2.74. The third-order valence-corrected chi connectivity index (χ3v) is 18.9. The Morgan fingerprint density at radius 1 is 0.344 bits per heavy atom. The Balaban J connectivity index is 1.10. The summed E-state index contributed by atoms with van der Waals surface area (Å²) in [6, 6.07) is 94.3. The molecule has 0 radical (unpaired) electrons. The van der Waals surface area contributed by atoms with Gasteiger partial charge in [0.25, 0.3) is 0 Å². The van der Waals surface area contributed by atoms with Crippen molar-refractivity contribution in [2.75, 3.05) is 4.90 Å². The van der Waals surface area contributed by atoms with E-state index in [0.29, 0.717) is 0 Å². The summed E-state index contributed by atoms with van der Waals surface area (Å²) in [5.74, 6) is 0. The largest absolute Gasteiger partial charge is 0.310 e. The fourth-order valence-electron chi connectivity index (χ4n) is 10.1. The summed E-state index contributed by atoms with van der Waals surface area (Å²) in [6.07, 6.45) is 0. The Hall–Kier alpha value is -7.76. The van der Waals surface area contributed by atoms with Gasteiger partial charge in [0.2, 0.25) is 0 Å². The number of hydrogen-bond acceptors (Lipinski definition) is 2. The lowest BCUT2D eigenvalue weighted by Gasteiger charge is -2.35. The average Bonchev–Trinajstić information content (AvgIpc) is 3.92. The van der Waals surface area contributed by atoms with Crippen molar-refractivity contribution in [3.8, 4) is 16.8 Å². The second-order valence-corrected chi connectivity index (χ2v) is 21.3. The van der Waals surface area contributed by atoms with Crippen LogP contribution in [0.3, 0.4) is 0 Å². The summed E-state index contributed by atoms with van der Waals surface area (Å²) in [5, 5.41) is 10.4. The zero-order valence-corrected chi connectivity index (χ0v) is 36.9. The van der Waals surface area contributed by atoms with Crippen LogP contribution in [0.25, 0.3) is 58.8 Å². The van der Waals surface area contributed by atoms with Gasteiger partial charge < -0.3 is 9.47 Å². The first-order valence-corrected chi connectivity index (χ1v) is 24.7. The van der Waals surface area contributed by atoms with Gasteiger partial charge >= 0.3 is 0 Å². The molecular formula is C60H42N2SSi. The molecule has 2 heterocycles. The molecule has 0 bridgehead atoms. The molecule has 2 aromatic heterocycles. The molecule has 12 aromatic rings. The van der Waals surface area contributed by atoms with E-state index in [1.165, 1.54) is 73.9 Å². The minimum Gasteiger partial charge on any atom is -0.310 e. The minimum absolute atomic E-state index is 1.10. The van der Waals surface area contributed by atoms with Gasteiger partial charge in [-0.25, -0.2) is 0 Å². The molecular weight excluding hydrogens is 809 g/mol. The number of hydrogen-bond donors (Lipinski definition) is 0. The van der Waals surface area contributed by atoms with Crippen molar-refractivity contribution in [3.05, 3.63) is 255 Å². The fraction of sp³-hybridized carbons (Fsp3) is 0. The molecule has 0 aliphatic carbocycles. The molecule has 0 aliphatic rings. The van der Waals surface area contributed by atoms with Crippen LogP contribution in [-0.2, 0) is 0 Å². The topological polar surface area (TPSA) is 8.17 Å². The molecule has 302 valence electrons. The van der Waals surface area contributed by atoms with Crippen molar-refractivity contribution >= 4 is 99.2 Å². The summed E-state index contributed by atoms with van der Waals surface area (Å²) >= 11 is 1.86. The molecule has 0 fully saturated rings. The number of fused-ring (bicyclic) bond motifs is 6. The predicted octanol–water partition coefficient (Wildman–Crippen LogP) is 13.7. The zero-order valence-electron chi connectivity index (χ0n) is 35.1. The Labute approximate surface area is 378 Å². The van der Waals surface area contributed by atoms with Crippen LogP contribution >= 0.6 is 11.3 Å². The molecule has 64 heavy (non-hydrogen) atoms. The zero-order chi connectivity index (χ0) is 42.5. The highest BCUT2D eigenvalue weighted by Crippen LogP contribution is 2.44. The van der Waals surface area contributed by atoms with Gasteiger partial charge in [-0.15, -0.1) is 11.3 Å². The molecule has 12 rings (SSSR count). The quantitative estimate of drug-likeness (QED) is 0.104. The molecule has 0 amide bonds. The SMILES string of the molecule is c1ccc(-n2c3ccccc3c3c(N(c4ccc(-c5ccc6sc7ccccc7c6c5)cc4)c4cccc([Si](c5ccccc5)(c5ccccc5)c5ccccc5)c4)cccc32)cc1. The van der Waals surface area contributed by atoms with E-state index in [9.17, 15) is 0 Å². The van der Waals surface area contributed by atoms with E-state index in [4.69, 9.17) is 0 Å². The third-order valence-electron chi connectivity index (χ3n) is 12.9. The van der Waals surface area contributed by atoms with Crippen LogP contribution in [0.5, 0.6) is 0 Å². The summed E-state index contributed by atoms with van der Waals surface area (Å²) in [6.45, 7) is 0. The number of benzene rings is 10. The highest BCUT2D eigenvalue weighted by Gasteiger charge is 2.41. The van der Waals surface area contributed by atoms with Gasteiger partial charge in [-0.3, -0.25) is 0 Å². The van der Waals surface area contributed by atoms with E-state index in [2.05, 4.69) is 264 Å². The van der Waals surface area contributed by atoms with E-state index in [0.717, 1.165) is 22.7 Å². The van der Waals surface area contributed by atoms with E-state index in [-0.39, 0.29) is 0 Å². The Morgan fingerprint density at radius 3 is 1.56 bits per heavy atom. The van der Waals surface area contributed by atoms with Crippen LogP contribution in [0.4, 0.5) is 17.1 Å². The first-order chi connectivity index (χ1) is 31.8. The van der Waals surface area contributed by atoms with E-state index in [1.54, 1.807) is 0 Å². The van der Waals surface area contributed by atoms with Gasteiger partial charge in [0.05, 0.1) is 16.7 Å². The number of rotatable bonds is 9. The standard InChI is InChI=1S/C60H42N2SSi/c1-5-19-45(20-6-1)62-55-31-15-13-30-53(55)60-56(32-18-33-57(60)62)61(46-38-35-43(36-39-46)44-37-40-59-54(41-44)52-29-14-16-34-58(52)63-59)47-21-17-28-51(42-47)64(48-22-7-2-8-23-48,49-24-9-3-10-25-49)50-26-11-4-12-27-50/h1-42H. The van der Waals surface area contributed by atoms with Crippen LogP contribution in [0.2, 0.25) is 0 Å². The summed E-state index contributed by atoms with van der Waals surface area (Å²) < 4.78 is 5.05. The van der Waals surface area contributed by atoms with Gasteiger partial charge in [-0.1, -0.05) is 182 Å². The summed E-state index contributed by atoms with van der Waals surface area (Å²) in [4.78, 5) is 2.49. The van der Waals surface area contributed by atoms with Crippen LogP contribution in [0.1, 0.15) is 0 Å². The second kappa shape index (κ2) is 15.9. The van der Waals surface area contributed by atoms with Crippen LogP contribution in [0.15, 0.2) is 255 Å². The molecule has 0 saturated carbocycles. The first-order valence-electron chi connectivity index (χ1n) is 21.9. The van der Waals surface area contributed by atoms with E-state index in [1.807, 2.05) is 11.3 Å². The highest BCUT2D eigenvalue weighted by molar-refractivity contribution is 7.25. The Bertz CT molecular complexity index is 3500. The average molecular weight is 851 g/mol. The molecule has 0 spiro atoms. The predicted molar refractivity (Wildman–Crippen MR) is 277 cm³/mol. The minimum atomic E-state index is -2.84. The molecule has 0 atom stereocenters. The highest BCUT2D eigenvalue weighted by atomic mass is 32.1. The third kappa shape index (κ3) is 6.22. The second-order valence-electron chi connectivity index (χ2n) is 16.4. The van der Waals surface area contributed by atoms with Gasteiger partial charge in [0, 0.05) is 48.0 Å². The van der Waals surface area contributed by atoms with Crippen molar-refractivity contribution in [3.63, 3.8) is 0 Å². The Kier molecular flexibility index (Phi) is 9.40. The van der Waals surface area contributed by atoms with E-state index < -0.39 is 8.07 Å². The van der Waals surface area contributed by atoms with Crippen LogP contribution in [0, 0.1) is 0 Å². The number of para-hydroxylation sites is 2. The molecule has 0 saturated heterocycles. The number of aromatic nitrogens is 1. The monoisotopic (exact) mass is 850 g/mol. The van der Waals surface area contributed by atoms with Crippen LogP contribution < -0.4 is 25.6 Å². The first kappa shape index (κ1) is 38.0. The van der Waals surface area contributed by atoms with Gasteiger partial charge in [-0.2, -0.15) is 0 Å². The fourth-order valence-corrected chi connectivity index (χ4v) is 16.0.